The zero-order valence-electron chi connectivity index (χ0n) is 22.7. The number of carbonyl (C=O) groups excluding carboxylic acids is 2. The predicted molar refractivity (Wildman–Crippen MR) is 136 cm³/mol. The lowest BCUT2D eigenvalue weighted by Crippen LogP contribution is -2.39. The van der Waals surface area contributed by atoms with Crippen LogP contribution in [0.15, 0.2) is 24.4 Å². The third-order valence-electron chi connectivity index (χ3n) is 7.29. The largest absolute Gasteiger partial charge is 0.347 e. The third-order valence-corrected chi connectivity index (χ3v) is 7.29. The number of aromatic nitrogens is 5. The summed E-state index contributed by atoms with van der Waals surface area (Å²) in [4.78, 5) is 33.1. The predicted octanol–water partition coefficient (Wildman–Crippen LogP) is 4.88. The number of H-pyrrole nitrogens is 1. The van der Waals surface area contributed by atoms with Gasteiger partial charge in [-0.2, -0.15) is 9.90 Å². The molecule has 0 spiro atoms. The van der Waals surface area contributed by atoms with E-state index in [0.717, 1.165) is 6.20 Å². The van der Waals surface area contributed by atoms with Crippen LogP contribution in [0.2, 0.25) is 0 Å². The summed E-state index contributed by atoms with van der Waals surface area (Å²) in [6, 6.07) is 2.92. The monoisotopic (exact) mass is 623 g/mol. The molecule has 3 aromatic rings. The van der Waals surface area contributed by atoms with Gasteiger partial charge in [0.15, 0.2) is 18.0 Å². The number of nitrogens with zero attached hydrogens (tertiary/aromatic N) is 4. The number of hydrogen-bond acceptors (Lipinski definition) is 5. The zero-order valence-corrected chi connectivity index (χ0v) is 22.7. The van der Waals surface area contributed by atoms with E-state index in [1.54, 1.807) is 18.2 Å². The van der Waals surface area contributed by atoms with Crippen molar-refractivity contribution in [2.75, 3.05) is 6.67 Å². The van der Waals surface area contributed by atoms with Gasteiger partial charge >= 0.3 is 0 Å². The second kappa shape index (κ2) is 13.2. The van der Waals surface area contributed by atoms with Gasteiger partial charge in [-0.25, -0.2) is 40.1 Å². The molecule has 0 aliphatic heterocycles. The van der Waals surface area contributed by atoms with Crippen LogP contribution in [-0.4, -0.2) is 74.3 Å². The molecule has 2 amide bonds. The molecule has 5 atom stereocenters. The Balaban J connectivity index is 1.56. The van der Waals surface area contributed by atoms with Crippen LogP contribution in [0.4, 0.5) is 35.1 Å². The highest BCUT2D eigenvalue weighted by Crippen LogP contribution is 2.41. The molecule has 1 aromatic carbocycles. The Hall–Kier alpha value is -3.79. The molecule has 0 saturated heterocycles. The van der Waals surface area contributed by atoms with Crippen molar-refractivity contribution >= 4 is 22.8 Å². The van der Waals surface area contributed by atoms with Crippen molar-refractivity contribution in [1.82, 2.24) is 35.6 Å². The van der Waals surface area contributed by atoms with Crippen molar-refractivity contribution in [3.8, 4) is 0 Å². The first kappa shape index (κ1) is 32.1. The van der Waals surface area contributed by atoms with Crippen LogP contribution in [0.25, 0.3) is 11.0 Å². The van der Waals surface area contributed by atoms with Gasteiger partial charge in [-0.15, -0.1) is 5.10 Å². The van der Waals surface area contributed by atoms with Crippen LogP contribution in [0, 0.1) is 5.92 Å². The smallest absolute Gasteiger partial charge is 0.274 e. The number of rotatable bonds is 12. The number of amides is 2. The van der Waals surface area contributed by atoms with E-state index in [4.69, 9.17) is 0 Å². The number of carbonyl (C=O) groups is 2. The molecular weight excluding hydrogens is 594 g/mol. The van der Waals surface area contributed by atoms with Crippen LogP contribution < -0.4 is 10.6 Å². The normalized spacial score (nSPS) is 19.1. The fourth-order valence-corrected chi connectivity index (χ4v) is 4.83. The molecule has 2 aromatic heterocycles. The highest BCUT2D eigenvalue weighted by molar-refractivity contribution is 5.92. The van der Waals surface area contributed by atoms with E-state index in [9.17, 15) is 44.7 Å². The number of aromatic amines is 1. The van der Waals surface area contributed by atoms with Gasteiger partial charge in [0.05, 0.1) is 35.9 Å². The molecule has 3 N–H and O–H groups in total. The number of imidazole rings is 1. The summed E-state index contributed by atoms with van der Waals surface area (Å²) in [7, 11) is 0. The molecule has 1 saturated carbocycles. The van der Waals surface area contributed by atoms with Crippen molar-refractivity contribution in [2.45, 2.75) is 82.1 Å². The van der Waals surface area contributed by atoms with Crippen LogP contribution in [0.3, 0.4) is 0 Å². The van der Waals surface area contributed by atoms with Crippen molar-refractivity contribution in [3.63, 3.8) is 0 Å². The van der Waals surface area contributed by atoms with Crippen molar-refractivity contribution < 1.29 is 44.7 Å². The quantitative estimate of drug-likeness (QED) is 0.249. The Morgan fingerprint density at radius 2 is 1.79 bits per heavy atom. The third kappa shape index (κ3) is 7.79. The topological polar surface area (TPSA) is 118 Å². The fourth-order valence-electron chi connectivity index (χ4n) is 4.83. The molecule has 17 heteroatoms. The maximum Gasteiger partial charge on any atom is 0.274 e. The lowest BCUT2D eigenvalue weighted by atomic mass is 9.81. The first-order valence-corrected chi connectivity index (χ1v) is 13.4. The maximum atomic E-state index is 13.9. The van der Waals surface area contributed by atoms with Crippen molar-refractivity contribution in [2.24, 2.45) is 5.92 Å². The van der Waals surface area contributed by atoms with Gasteiger partial charge in [0.1, 0.15) is 12.5 Å². The van der Waals surface area contributed by atoms with Gasteiger partial charge in [0.2, 0.25) is 12.1 Å². The molecule has 9 nitrogen and oxygen atoms in total. The summed E-state index contributed by atoms with van der Waals surface area (Å²) < 4.78 is 106. The minimum absolute atomic E-state index is 0.0345. The molecular formula is C26H29F8N7O2. The zero-order chi connectivity index (χ0) is 31.5. The van der Waals surface area contributed by atoms with Crippen LogP contribution in [-0.2, 0) is 11.3 Å². The second-order valence-electron chi connectivity index (χ2n) is 10.5. The van der Waals surface area contributed by atoms with Crippen LogP contribution in [0.1, 0.15) is 66.6 Å². The minimum atomic E-state index is -3.27. The standard InChI is InChI=1S/C26H29F8N7O2/c1-12(36-25(43)20(30)15(28)9-27)14-2-3-17-18(8-14)38-23(37-17)21(13-4-6-26(33,34)7-5-13)39-24(42)19-10-35-41(40-19)11-16(29)22(31)32/h2-3,8,10,12-13,15-16,20-22H,4-7,9,11H2,1H3,(H,36,43)(H,37,38)(H,39,42)/t12-,15?,16?,20?,21+/m1/s1. The van der Waals surface area contributed by atoms with Gasteiger partial charge < -0.3 is 15.6 Å². The molecule has 43 heavy (non-hydrogen) atoms. The number of halogens is 8. The molecule has 1 aliphatic carbocycles. The van der Waals surface area contributed by atoms with E-state index < -0.39 is 86.7 Å². The highest BCUT2D eigenvalue weighted by Gasteiger charge is 2.40. The Labute approximate surface area is 239 Å². The number of alkyl halides is 8. The molecule has 3 unspecified atom stereocenters. The Morgan fingerprint density at radius 1 is 1.09 bits per heavy atom. The van der Waals surface area contributed by atoms with Gasteiger partial charge in [-0.3, -0.25) is 9.59 Å². The molecule has 4 rings (SSSR count). The van der Waals surface area contributed by atoms with E-state index in [-0.39, 0.29) is 24.4 Å². The Kier molecular flexibility index (Phi) is 9.89. The van der Waals surface area contributed by atoms with Crippen molar-refractivity contribution in [3.05, 3.63) is 41.5 Å². The van der Waals surface area contributed by atoms with Gasteiger partial charge in [-0.05, 0) is 43.4 Å². The summed E-state index contributed by atoms with van der Waals surface area (Å²) in [5, 5.41) is 12.3. The first-order valence-electron chi connectivity index (χ1n) is 13.4. The molecule has 2 heterocycles. The highest BCUT2D eigenvalue weighted by atomic mass is 19.3. The fraction of sp³-hybridized carbons (Fsp3) is 0.577. The number of nitrogens with one attached hydrogen (secondary N) is 3. The van der Waals surface area contributed by atoms with Crippen LogP contribution in [0.5, 0.6) is 0 Å². The van der Waals surface area contributed by atoms with Gasteiger partial charge in [-0.1, -0.05) is 6.07 Å². The van der Waals surface area contributed by atoms with E-state index in [1.807, 2.05) is 0 Å². The summed E-state index contributed by atoms with van der Waals surface area (Å²) in [6.07, 6.45) is -10.9. The van der Waals surface area contributed by atoms with Crippen LogP contribution >= 0.6 is 0 Å². The molecule has 236 valence electrons. The summed E-state index contributed by atoms with van der Waals surface area (Å²) >= 11 is 0. The first-order chi connectivity index (χ1) is 20.3. The summed E-state index contributed by atoms with van der Waals surface area (Å²) in [5.41, 5.74) is 0.937. The Bertz CT molecular complexity index is 1410. The number of fused-ring (bicyclic) bond motifs is 1. The molecule has 1 fully saturated rings. The van der Waals surface area contributed by atoms with E-state index in [1.165, 1.54) is 6.92 Å². The lowest BCUT2D eigenvalue weighted by molar-refractivity contribution is -0.129. The van der Waals surface area contributed by atoms with E-state index in [0.29, 0.717) is 21.4 Å². The van der Waals surface area contributed by atoms with E-state index >= 15 is 0 Å². The van der Waals surface area contributed by atoms with Gasteiger partial charge in [0, 0.05) is 12.8 Å². The van der Waals surface area contributed by atoms with Gasteiger partial charge in [0.25, 0.3) is 18.2 Å². The number of hydrogen-bond donors (Lipinski definition) is 3. The summed E-state index contributed by atoms with van der Waals surface area (Å²) in [5.74, 6) is -5.30. The second-order valence-corrected chi connectivity index (χ2v) is 10.5. The molecule has 0 bridgehead atoms. The summed E-state index contributed by atoms with van der Waals surface area (Å²) in [6.45, 7) is -1.04. The lowest BCUT2D eigenvalue weighted by Gasteiger charge is -2.33. The average molecular weight is 624 g/mol. The van der Waals surface area contributed by atoms with Crippen molar-refractivity contribution in [1.29, 1.82) is 0 Å². The Morgan fingerprint density at radius 3 is 2.44 bits per heavy atom. The average Bonchev–Trinajstić information content (AvgIpc) is 3.61. The molecule has 0 radical (unpaired) electrons. The SMILES string of the molecule is C[C@@H](NC(=O)C(F)C(F)CF)c1ccc2nc([C@@H](NC(=O)c3cnn(CC(F)C(F)F)n3)C3CCC(F)(F)CC3)[nH]c2c1. The minimum Gasteiger partial charge on any atom is -0.347 e. The maximum absolute atomic E-state index is 13.9. The number of benzene rings is 1. The molecule has 1 aliphatic rings. The van der Waals surface area contributed by atoms with E-state index in [2.05, 4.69) is 30.8 Å².